The minimum absolute atomic E-state index is 0.217. The average Bonchev–Trinajstić information content (AvgIpc) is 2.74. The number of aliphatic hydroxyl groups is 1. The van der Waals surface area contributed by atoms with E-state index in [-0.39, 0.29) is 6.61 Å². The summed E-state index contributed by atoms with van der Waals surface area (Å²) in [6, 6.07) is 2.06. The Hall–Kier alpha value is -1.36. The van der Waals surface area contributed by atoms with E-state index in [1.54, 1.807) is 6.33 Å². The number of hydrogen-bond donors (Lipinski definition) is 1. The molecule has 0 bridgehead atoms. The lowest BCUT2D eigenvalue weighted by atomic mass is 10.2. The van der Waals surface area contributed by atoms with Crippen molar-refractivity contribution in [2.75, 3.05) is 43.1 Å². The molecule has 1 aliphatic rings. The summed E-state index contributed by atoms with van der Waals surface area (Å²) in [6.45, 7) is 3.22. The van der Waals surface area contributed by atoms with Crippen molar-refractivity contribution in [1.29, 1.82) is 0 Å². The third kappa shape index (κ3) is 4.06. The average molecular weight is 264 g/mol. The molecule has 106 valence electrons. The summed E-state index contributed by atoms with van der Waals surface area (Å²) in [5.74, 6) is 1.96. The number of nitrogens with zero attached hydrogens (tertiary/aromatic N) is 4. The van der Waals surface area contributed by atoms with Crippen LogP contribution in [-0.2, 0) is 0 Å². The van der Waals surface area contributed by atoms with Gasteiger partial charge in [0, 0.05) is 39.4 Å². The molecule has 0 aromatic carbocycles. The van der Waals surface area contributed by atoms with Crippen LogP contribution in [0.1, 0.15) is 32.1 Å². The Morgan fingerprint density at radius 1 is 1.21 bits per heavy atom. The van der Waals surface area contributed by atoms with E-state index in [2.05, 4.69) is 25.8 Å². The molecular formula is C14H24N4O. The number of hydrogen-bond acceptors (Lipinski definition) is 5. The molecule has 0 amide bonds. The fraction of sp³-hybridized carbons (Fsp3) is 0.714. The largest absolute Gasteiger partial charge is 0.396 e. The molecule has 0 spiro atoms. The molecule has 0 atom stereocenters. The molecule has 19 heavy (non-hydrogen) atoms. The molecule has 1 aromatic heterocycles. The highest BCUT2D eigenvalue weighted by Gasteiger charge is 2.12. The van der Waals surface area contributed by atoms with Gasteiger partial charge in [-0.3, -0.25) is 0 Å². The molecule has 0 radical (unpaired) electrons. The lowest BCUT2D eigenvalue weighted by Crippen LogP contribution is -2.26. The van der Waals surface area contributed by atoms with Gasteiger partial charge in [0.15, 0.2) is 0 Å². The summed E-state index contributed by atoms with van der Waals surface area (Å²) in [5, 5.41) is 8.88. The van der Waals surface area contributed by atoms with Gasteiger partial charge in [-0.15, -0.1) is 0 Å². The molecule has 1 aromatic rings. The molecule has 1 N–H and O–H groups in total. The summed E-state index contributed by atoms with van der Waals surface area (Å²) in [4.78, 5) is 13.2. The Kier molecular flexibility index (Phi) is 5.39. The second-order valence-electron chi connectivity index (χ2n) is 5.13. The first-order valence-corrected chi connectivity index (χ1v) is 7.20. The lowest BCUT2D eigenvalue weighted by Gasteiger charge is -2.23. The first-order chi connectivity index (χ1) is 9.31. The Morgan fingerprint density at radius 2 is 1.95 bits per heavy atom. The van der Waals surface area contributed by atoms with E-state index in [0.717, 1.165) is 37.7 Å². The highest BCUT2D eigenvalue weighted by molar-refractivity contribution is 5.49. The van der Waals surface area contributed by atoms with Crippen LogP contribution in [0.5, 0.6) is 0 Å². The van der Waals surface area contributed by atoms with E-state index in [1.807, 2.05) is 7.05 Å². The predicted octanol–water partition coefficient (Wildman–Crippen LogP) is 1.68. The predicted molar refractivity (Wildman–Crippen MR) is 77.7 cm³/mol. The van der Waals surface area contributed by atoms with Crippen LogP contribution in [0.25, 0.3) is 0 Å². The second kappa shape index (κ2) is 7.28. The molecule has 2 heterocycles. The fourth-order valence-corrected chi connectivity index (χ4v) is 2.44. The van der Waals surface area contributed by atoms with Gasteiger partial charge < -0.3 is 14.9 Å². The molecule has 0 saturated carbocycles. The summed E-state index contributed by atoms with van der Waals surface area (Å²) < 4.78 is 0. The van der Waals surface area contributed by atoms with Crippen molar-refractivity contribution < 1.29 is 5.11 Å². The summed E-state index contributed by atoms with van der Waals surface area (Å²) in [6.07, 6.45) is 7.56. The maximum atomic E-state index is 8.88. The van der Waals surface area contributed by atoms with Gasteiger partial charge in [-0.1, -0.05) is 12.8 Å². The summed E-state index contributed by atoms with van der Waals surface area (Å²) in [5.41, 5.74) is 0. The first kappa shape index (κ1) is 14.1. The highest BCUT2D eigenvalue weighted by atomic mass is 16.3. The van der Waals surface area contributed by atoms with Crippen LogP contribution < -0.4 is 9.80 Å². The number of anilines is 2. The normalized spacial score (nSPS) is 16.2. The molecule has 0 unspecified atom stereocenters. The van der Waals surface area contributed by atoms with Crippen LogP contribution in [0.4, 0.5) is 11.6 Å². The Morgan fingerprint density at radius 3 is 2.63 bits per heavy atom. The van der Waals surface area contributed by atoms with E-state index < -0.39 is 0 Å². The molecule has 1 aliphatic heterocycles. The zero-order chi connectivity index (χ0) is 13.5. The first-order valence-electron chi connectivity index (χ1n) is 7.20. The van der Waals surface area contributed by atoms with Crippen molar-refractivity contribution in [2.45, 2.75) is 32.1 Å². The van der Waals surface area contributed by atoms with Crippen molar-refractivity contribution >= 4 is 11.6 Å². The zero-order valence-electron chi connectivity index (χ0n) is 11.8. The molecule has 1 saturated heterocycles. The fourth-order valence-electron chi connectivity index (χ4n) is 2.44. The van der Waals surface area contributed by atoms with Crippen molar-refractivity contribution in [3.63, 3.8) is 0 Å². The number of aromatic nitrogens is 2. The van der Waals surface area contributed by atoms with Gasteiger partial charge in [0.2, 0.25) is 0 Å². The van der Waals surface area contributed by atoms with Crippen LogP contribution in [0.3, 0.4) is 0 Å². The monoisotopic (exact) mass is 264 g/mol. The van der Waals surface area contributed by atoms with Crippen molar-refractivity contribution in [2.24, 2.45) is 0 Å². The zero-order valence-corrected chi connectivity index (χ0v) is 11.8. The molecule has 5 heteroatoms. The summed E-state index contributed by atoms with van der Waals surface area (Å²) in [7, 11) is 2.00. The van der Waals surface area contributed by atoms with Gasteiger partial charge in [0.1, 0.15) is 18.0 Å². The third-order valence-electron chi connectivity index (χ3n) is 3.61. The van der Waals surface area contributed by atoms with Crippen molar-refractivity contribution in [1.82, 2.24) is 9.97 Å². The number of aliphatic hydroxyl groups excluding tert-OH is 1. The highest BCUT2D eigenvalue weighted by Crippen LogP contribution is 2.20. The second-order valence-corrected chi connectivity index (χ2v) is 5.13. The van der Waals surface area contributed by atoms with Crippen LogP contribution in [-0.4, -0.2) is 48.4 Å². The van der Waals surface area contributed by atoms with Gasteiger partial charge in [-0.25, -0.2) is 9.97 Å². The molecule has 5 nitrogen and oxygen atoms in total. The van der Waals surface area contributed by atoms with Crippen molar-refractivity contribution in [3.8, 4) is 0 Å². The van der Waals surface area contributed by atoms with Crippen LogP contribution >= 0.6 is 0 Å². The van der Waals surface area contributed by atoms with Gasteiger partial charge in [0.05, 0.1) is 0 Å². The minimum Gasteiger partial charge on any atom is -0.396 e. The maximum Gasteiger partial charge on any atom is 0.134 e. The van der Waals surface area contributed by atoms with Crippen LogP contribution in [0.15, 0.2) is 12.4 Å². The van der Waals surface area contributed by atoms with Gasteiger partial charge in [-0.05, 0) is 19.3 Å². The van der Waals surface area contributed by atoms with Gasteiger partial charge in [0.25, 0.3) is 0 Å². The lowest BCUT2D eigenvalue weighted by molar-refractivity contribution is 0.290. The Bertz CT molecular complexity index is 377. The summed E-state index contributed by atoms with van der Waals surface area (Å²) >= 11 is 0. The quantitative estimate of drug-likeness (QED) is 0.877. The smallest absolute Gasteiger partial charge is 0.134 e. The van der Waals surface area contributed by atoms with E-state index in [4.69, 9.17) is 5.11 Å². The van der Waals surface area contributed by atoms with Crippen LogP contribution in [0.2, 0.25) is 0 Å². The maximum absolute atomic E-state index is 8.88. The number of rotatable bonds is 5. The van der Waals surface area contributed by atoms with E-state index in [0.29, 0.717) is 0 Å². The van der Waals surface area contributed by atoms with E-state index in [9.17, 15) is 0 Å². The standard InChI is InChI=1S/C14H24N4O/c1-17(7-6-10-19)13-11-14(16-12-15-13)18-8-4-2-3-5-9-18/h11-12,19H,2-10H2,1H3. The molecular weight excluding hydrogens is 240 g/mol. The van der Waals surface area contributed by atoms with Crippen molar-refractivity contribution in [3.05, 3.63) is 12.4 Å². The van der Waals surface area contributed by atoms with E-state index in [1.165, 1.54) is 25.7 Å². The SMILES string of the molecule is CN(CCCO)c1cc(N2CCCCCC2)ncn1. The minimum atomic E-state index is 0.217. The van der Waals surface area contributed by atoms with Crippen LogP contribution in [0, 0.1) is 0 Å². The van der Waals surface area contributed by atoms with Gasteiger partial charge >= 0.3 is 0 Å². The Labute approximate surface area is 115 Å². The Balaban J connectivity index is 2.04. The van der Waals surface area contributed by atoms with Gasteiger partial charge in [-0.2, -0.15) is 0 Å². The molecule has 2 rings (SSSR count). The topological polar surface area (TPSA) is 52.5 Å². The van der Waals surface area contributed by atoms with E-state index >= 15 is 0 Å². The molecule has 1 fully saturated rings. The molecule has 0 aliphatic carbocycles. The third-order valence-corrected chi connectivity index (χ3v) is 3.61.